The van der Waals surface area contributed by atoms with E-state index in [9.17, 15) is 4.79 Å². The molecule has 0 aromatic carbocycles. The zero-order valence-corrected chi connectivity index (χ0v) is 14.4. The van der Waals surface area contributed by atoms with E-state index in [0.29, 0.717) is 10.9 Å². The second-order valence-electron chi connectivity index (χ2n) is 6.19. The molecule has 8 heteroatoms. The fourth-order valence-electron chi connectivity index (χ4n) is 3.24. The van der Waals surface area contributed by atoms with E-state index in [2.05, 4.69) is 31.2 Å². The molecule has 1 N–H and O–H groups in total. The molecule has 0 aliphatic carbocycles. The third kappa shape index (κ3) is 2.99. The molecule has 126 valence electrons. The standard InChI is InChI=1S/C16H20N6OS/c1-2-14-20-22-15(23)9-12(18-16(22)24-14)10-21-7-4-11(5-8-21)13-3-6-17-19-13/h3,6,9,11H,2,4-5,7-8,10H2,1H3,(H,17,19). The van der Waals surface area contributed by atoms with Crippen LogP contribution in [-0.2, 0) is 13.0 Å². The van der Waals surface area contributed by atoms with Gasteiger partial charge in [-0.3, -0.25) is 14.8 Å². The molecule has 0 bridgehead atoms. The van der Waals surface area contributed by atoms with Crippen LogP contribution in [0, 0.1) is 0 Å². The lowest BCUT2D eigenvalue weighted by Crippen LogP contribution is -2.33. The summed E-state index contributed by atoms with van der Waals surface area (Å²) in [6.45, 7) is 4.77. The van der Waals surface area contributed by atoms with Gasteiger partial charge in [0.05, 0.1) is 5.69 Å². The van der Waals surface area contributed by atoms with Crippen LogP contribution in [0.25, 0.3) is 4.96 Å². The molecule has 3 aromatic rings. The number of aromatic nitrogens is 5. The topological polar surface area (TPSA) is 79.2 Å². The monoisotopic (exact) mass is 344 g/mol. The van der Waals surface area contributed by atoms with Crippen molar-refractivity contribution in [2.75, 3.05) is 13.1 Å². The maximum absolute atomic E-state index is 12.2. The van der Waals surface area contributed by atoms with Crippen LogP contribution in [0.1, 0.15) is 42.1 Å². The van der Waals surface area contributed by atoms with Crippen molar-refractivity contribution in [3.05, 3.63) is 45.1 Å². The van der Waals surface area contributed by atoms with Crippen LogP contribution in [-0.4, -0.2) is 42.8 Å². The third-order valence-corrected chi connectivity index (χ3v) is 5.63. The molecule has 0 amide bonds. The van der Waals surface area contributed by atoms with E-state index in [0.717, 1.165) is 49.6 Å². The summed E-state index contributed by atoms with van der Waals surface area (Å²) in [6.07, 6.45) is 4.84. The lowest BCUT2D eigenvalue weighted by Gasteiger charge is -2.31. The SMILES string of the molecule is CCc1nn2c(=O)cc(CN3CCC(c4ccn[nH]4)CC3)nc2s1. The van der Waals surface area contributed by atoms with Crippen LogP contribution in [0.5, 0.6) is 0 Å². The van der Waals surface area contributed by atoms with E-state index in [1.54, 1.807) is 6.07 Å². The first-order valence-corrected chi connectivity index (χ1v) is 9.15. The van der Waals surface area contributed by atoms with Gasteiger partial charge in [0.25, 0.3) is 5.56 Å². The van der Waals surface area contributed by atoms with Crippen LogP contribution in [0.3, 0.4) is 0 Å². The largest absolute Gasteiger partial charge is 0.297 e. The number of rotatable bonds is 4. The number of nitrogens with zero attached hydrogens (tertiary/aromatic N) is 5. The highest BCUT2D eigenvalue weighted by Crippen LogP contribution is 2.26. The smallest absolute Gasteiger partial charge is 0.275 e. The Labute approximate surface area is 143 Å². The quantitative estimate of drug-likeness (QED) is 0.781. The third-order valence-electron chi connectivity index (χ3n) is 4.58. The van der Waals surface area contributed by atoms with E-state index in [4.69, 9.17) is 0 Å². The molecule has 7 nitrogen and oxygen atoms in total. The number of nitrogens with one attached hydrogen (secondary N) is 1. The first kappa shape index (κ1) is 15.5. The van der Waals surface area contributed by atoms with Crippen LogP contribution in [0.4, 0.5) is 0 Å². The van der Waals surface area contributed by atoms with Crippen LogP contribution in [0.2, 0.25) is 0 Å². The lowest BCUT2D eigenvalue weighted by molar-refractivity contribution is 0.201. The van der Waals surface area contributed by atoms with Crippen molar-refractivity contribution < 1.29 is 0 Å². The Morgan fingerprint density at radius 2 is 2.21 bits per heavy atom. The molecule has 1 saturated heterocycles. The minimum Gasteiger partial charge on any atom is -0.297 e. The Morgan fingerprint density at radius 1 is 1.38 bits per heavy atom. The molecular weight excluding hydrogens is 324 g/mol. The zero-order valence-electron chi connectivity index (χ0n) is 13.6. The van der Waals surface area contributed by atoms with Gasteiger partial charge in [-0.15, -0.1) is 0 Å². The maximum Gasteiger partial charge on any atom is 0.275 e. The van der Waals surface area contributed by atoms with Crippen LogP contribution < -0.4 is 5.56 Å². The Kier molecular flexibility index (Phi) is 4.15. The highest BCUT2D eigenvalue weighted by atomic mass is 32.1. The molecule has 0 saturated carbocycles. The summed E-state index contributed by atoms with van der Waals surface area (Å²) in [4.78, 5) is 19.9. The van der Waals surface area contributed by atoms with Gasteiger partial charge < -0.3 is 0 Å². The number of aryl methyl sites for hydroxylation is 1. The summed E-state index contributed by atoms with van der Waals surface area (Å²) in [5.74, 6) is 0.554. The van der Waals surface area contributed by atoms with Gasteiger partial charge in [-0.1, -0.05) is 18.3 Å². The number of hydrogen-bond acceptors (Lipinski definition) is 6. The molecule has 1 aliphatic heterocycles. The molecule has 1 aliphatic rings. The second kappa shape index (κ2) is 6.45. The number of hydrogen-bond donors (Lipinski definition) is 1. The molecule has 0 spiro atoms. The summed E-state index contributed by atoms with van der Waals surface area (Å²) in [6, 6.07) is 3.68. The maximum atomic E-state index is 12.2. The van der Waals surface area contributed by atoms with Gasteiger partial charge in [-0.05, 0) is 38.4 Å². The summed E-state index contributed by atoms with van der Waals surface area (Å²) in [5, 5.41) is 12.4. The van der Waals surface area contributed by atoms with Crippen molar-refractivity contribution in [1.29, 1.82) is 0 Å². The summed E-state index contributed by atoms with van der Waals surface area (Å²) < 4.78 is 1.41. The fraction of sp³-hybridized carbons (Fsp3) is 0.500. The molecule has 4 rings (SSSR count). The van der Waals surface area contributed by atoms with Crippen LogP contribution >= 0.6 is 11.3 Å². The molecule has 1 fully saturated rings. The Bertz CT molecular complexity index is 876. The minimum atomic E-state index is -0.0849. The average molecular weight is 344 g/mol. The Hall–Kier alpha value is -2.06. The normalized spacial score (nSPS) is 16.9. The van der Waals surface area contributed by atoms with Crippen LogP contribution in [0.15, 0.2) is 23.1 Å². The summed E-state index contributed by atoms with van der Waals surface area (Å²) in [5.41, 5.74) is 1.98. The van der Waals surface area contributed by atoms with Gasteiger partial charge in [0.2, 0.25) is 4.96 Å². The molecule has 0 unspecified atom stereocenters. The van der Waals surface area contributed by atoms with Crippen molar-refractivity contribution >= 4 is 16.3 Å². The predicted octanol–water partition coefficient (Wildman–Crippen LogP) is 1.82. The van der Waals surface area contributed by atoms with E-state index in [-0.39, 0.29) is 5.56 Å². The number of fused-ring (bicyclic) bond motifs is 1. The minimum absolute atomic E-state index is 0.0849. The molecule has 4 heterocycles. The molecule has 0 atom stereocenters. The van der Waals surface area contributed by atoms with Crippen molar-refractivity contribution in [2.45, 2.75) is 38.6 Å². The van der Waals surface area contributed by atoms with E-state index < -0.39 is 0 Å². The second-order valence-corrected chi connectivity index (χ2v) is 7.23. The zero-order chi connectivity index (χ0) is 16.5. The van der Waals surface area contributed by atoms with Gasteiger partial charge in [0.1, 0.15) is 5.01 Å². The Balaban J connectivity index is 1.46. The number of piperidine rings is 1. The Morgan fingerprint density at radius 3 is 2.92 bits per heavy atom. The first-order chi connectivity index (χ1) is 11.7. The highest BCUT2D eigenvalue weighted by molar-refractivity contribution is 7.16. The lowest BCUT2D eigenvalue weighted by atomic mass is 9.93. The number of aromatic amines is 1. The van der Waals surface area contributed by atoms with E-state index >= 15 is 0 Å². The number of H-pyrrole nitrogens is 1. The average Bonchev–Trinajstić information content (AvgIpc) is 3.25. The molecule has 3 aromatic heterocycles. The summed E-state index contributed by atoms with van der Waals surface area (Å²) in [7, 11) is 0. The molecule has 24 heavy (non-hydrogen) atoms. The summed E-state index contributed by atoms with van der Waals surface area (Å²) >= 11 is 1.50. The van der Waals surface area contributed by atoms with Crippen molar-refractivity contribution in [3.8, 4) is 0 Å². The van der Waals surface area contributed by atoms with Gasteiger partial charge in [-0.2, -0.15) is 14.7 Å². The van der Waals surface area contributed by atoms with Gasteiger partial charge in [0.15, 0.2) is 0 Å². The molecule has 0 radical (unpaired) electrons. The van der Waals surface area contributed by atoms with E-state index in [1.165, 1.54) is 21.5 Å². The van der Waals surface area contributed by atoms with Gasteiger partial charge in [0, 0.05) is 30.4 Å². The highest BCUT2D eigenvalue weighted by Gasteiger charge is 2.22. The number of likely N-dealkylation sites (tertiary alicyclic amines) is 1. The van der Waals surface area contributed by atoms with Crippen molar-refractivity contribution in [1.82, 2.24) is 29.7 Å². The predicted molar refractivity (Wildman–Crippen MR) is 92.4 cm³/mol. The first-order valence-electron chi connectivity index (χ1n) is 8.33. The molecular formula is C16H20N6OS. The van der Waals surface area contributed by atoms with Gasteiger partial charge in [-0.25, -0.2) is 4.98 Å². The fourth-order valence-corrected chi connectivity index (χ4v) is 4.10. The van der Waals surface area contributed by atoms with Crippen molar-refractivity contribution in [2.24, 2.45) is 0 Å². The van der Waals surface area contributed by atoms with Gasteiger partial charge >= 0.3 is 0 Å². The van der Waals surface area contributed by atoms with Crippen molar-refractivity contribution in [3.63, 3.8) is 0 Å². The van der Waals surface area contributed by atoms with E-state index in [1.807, 2.05) is 13.1 Å².